The molecule has 2 rings (SSSR count). The van der Waals surface area contributed by atoms with Gasteiger partial charge in [-0.05, 0) is 37.5 Å². The highest BCUT2D eigenvalue weighted by Gasteiger charge is 2.40. The molecule has 0 aromatic heterocycles. The van der Waals surface area contributed by atoms with E-state index in [1.165, 1.54) is 25.7 Å². The van der Waals surface area contributed by atoms with Crippen molar-refractivity contribution in [3.8, 4) is 0 Å². The topological polar surface area (TPSA) is 64.3 Å². The average Bonchev–Trinajstić information content (AvgIpc) is 2.37. The number of carbonyl (C=O) groups is 1. The Morgan fingerprint density at radius 3 is 2.30 bits per heavy atom. The Morgan fingerprint density at radius 1 is 1.15 bits per heavy atom. The second kappa shape index (κ2) is 7.62. The third-order valence-electron chi connectivity index (χ3n) is 5.07. The number of ether oxygens (including phenoxy) is 1. The molecule has 2 fully saturated rings. The van der Waals surface area contributed by atoms with Crippen LogP contribution >= 0.6 is 12.4 Å². The van der Waals surface area contributed by atoms with Crippen molar-refractivity contribution < 1.29 is 9.53 Å². The summed E-state index contributed by atoms with van der Waals surface area (Å²) in [6, 6.07) is 0. The van der Waals surface area contributed by atoms with Crippen LogP contribution in [0.3, 0.4) is 0 Å². The van der Waals surface area contributed by atoms with Gasteiger partial charge in [0.15, 0.2) is 0 Å². The zero-order chi connectivity index (χ0) is 13.8. The Hall–Kier alpha value is -0.320. The molecular weight excluding hydrogens is 276 g/mol. The van der Waals surface area contributed by atoms with Crippen LogP contribution in [0.5, 0.6) is 0 Å². The molecule has 0 atom stereocenters. The smallest absolute Gasteiger partial charge is 0.240 e. The highest BCUT2D eigenvalue weighted by molar-refractivity contribution is 5.86. The lowest BCUT2D eigenvalue weighted by atomic mass is 9.66. The second-order valence-corrected chi connectivity index (χ2v) is 6.50. The molecule has 2 saturated carbocycles. The van der Waals surface area contributed by atoms with E-state index in [4.69, 9.17) is 10.5 Å². The molecule has 0 aromatic rings. The Balaban J connectivity index is 0.00000200. The van der Waals surface area contributed by atoms with E-state index in [-0.39, 0.29) is 23.7 Å². The quantitative estimate of drug-likeness (QED) is 0.792. The van der Waals surface area contributed by atoms with E-state index in [1.54, 1.807) is 7.11 Å². The van der Waals surface area contributed by atoms with E-state index < -0.39 is 5.54 Å². The molecule has 0 radical (unpaired) electrons. The van der Waals surface area contributed by atoms with E-state index in [2.05, 4.69) is 5.32 Å². The van der Waals surface area contributed by atoms with Crippen molar-refractivity contribution in [2.24, 2.45) is 11.1 Å². The Labute approximate surface area is 128 Å². The fraction of sp³-hybridized carbons (Fsp3) is 0.933. The average molecular weight is 305 g/mol. The summed E-state index contributed by atoms with van der Waals surface area (Å²) < 4.78 is 5.18. The van der Waals surface area contributed by atoms with E-state index in [1.807, 2.05) is 0 Å². The molecule has 0 unspecified atom stereocenters. The van der Waals surface area contributed by atoms with Crippen LogP contribution < -0.4 is 11.1 Å². The van der Waals surface area contributed by atoms with E-state index in [0.717, 1.165) is 45.3 Å². The number of nitrogens with one attached hydrogen (secondary N) is 1. The standard InChI is InChI=1S/C15H28N2O2.ClH/c1-19-11-10-14(6-5-7-14)12-17-13(18)15(16)8-3-2-4-9-15;/h2-12,16H2,1H3,(H,17,18);1H. The fourth-order valence-electron chi connectivity index (χ4n) is 3.36. The molecular formula is C15H29ClN2O2. The predicted octanol–water partition coefficient (Wildman–Crippen LogP) is 2.39. The normalized spacial score (nSPS) is 23.3. The van der Waals surface area contributed by atoms with Gasteiger partial charge in [0, 0.05) is 20.3 Å². The van der Waals surface area contributed by atoms with Crippen molar-refractivity contribution >= 4 is 18.3 Å². The Kier molecular flexibility index (Phi) is 6.76. The van der Waals surface area contributed by atoms with Crippen LogP contribution in [-0.4, -0.2) is 31.7 Å². The van der Waals surface area contributed by atoms with E-state index in [0.29, 0.717) is 0 Å². The molecule has 0 bridgehead atoms. The Morgan fingerprint density at radius 2 is 1.80 bits per heavy atom. The molecule has 0 aromatic carbocycles. The molecule has 20 heavy (non-hydrogen) atoms. The maximum absolute atomic E-state index is 12.3. The molecule has 0 aliphatic heterocycles. The van der Waals surface area contributed by atoms with Gasteiger partial charge in [0.2, 0.25) is 5.91 Å². The summed E-state index contributed by atoms with van der Waals surface area (Å²) in [5.41, 5.74) is 5.92. The lowest BCUT2D eigenvalue weighted by molar-refractivity contribution is -0.128. The van der Waals surface area contributed by atoms with E-state index in [9.17, 15) is 4.79 Å². The van der Waals surface area contributed by atoms with Gasteiger partial charge < -0.3 is 15.8 Å². The highest BCUT2D eigenvalue weighted by Crippen LogP contribution is 2.43. The summed E-state index contributed by atoms with van der Waals surface area (Å²) in [6.07, 6.45) is 9.77. The monoisotopic (exact) mass is 304 g/mol. The summed E-state index contributed by atoms with van der Waals surface area (Å²) in [5, 5.41) is 3.13. The summed E-state index contributed by atoms with van der Waals surface area (Å²) in [6.45, 7) is 1.55. The molecule has 118 valence electrons. The van der Waals surface area contributed by atoms with Crippen molar-refractivity contribution in [2.45, 2.75) is 63.3 Å². The molecule has 0 spiro atoms. The van der Waals surface area contributed by atoms with Gasteiger partial charge >= 0.3 is 0 Å². The third kappa shape index (κ3) is 4.09. The van der Waals surface area contributed by atoms with Crippen LogP contribution in [0.1, 0.15) is 57.8 Å². The fourth-order valence-corrected chi connectivity index (χ4v) is 3.36. The van der Waals surface area contributed by atoms with Crippen molar-refractivity contribution in [1.82, 2.24) is 5.32 Å². The van der Waals surface area contributed by atoms with Crippen molar-refractivity contribution in [1.29, 1.82) is 0 Å². The minimum atomic E-state index is -0.607. The molecule has 1 amide bonds. The maximum Gasteiger partial charge on any atom is 0.240 e. The summed E-state index contributed by atoms with van der Waals surface area (Å²) in [7, 11) is 1.74. The van der Waals surface area contributed by atoms with Crippen molar-refractivity contribution in [3.63, 3.8) is 0 Å². The second-order valence-electron chi connectivity index (χ2n) is 6.50. The summed E-state index contributed by atoms with van der Waals surface area (Å²) in [4.78, 5) is 12.3. The highest BCUT2D eigenvalue weighted by atomic mass is 35.5. The molecule has 3 N–H and O–H groups in total. The van der Waals surface area contributed by atoms with Gasteiger partial charge in [-0.1, -0.05) is 25.7 Å². The SMILES string of the molecule is COCCC1(CNC(=O)C2(N)CCCCC2)CCC1.Cl. The third-order valence-corrected chi connectivity index (χ3v) is 5.07. The summed E-state index contributed by atoms with van der Waals surface area (Å²) >= 11 is 0. The van der Waals surface area contributed by atoms with Crippen LogP contribution in [0.2, 0.25) is 0 Å². The van der Waals surface area contributed by atoms with E-state index >= 15 is 0 Å². The predicted molar refractivity (Wildman–Crippen MR) is 83.0 cm³/mol. The first-order valence-electron chi connectivity index (χ1n) is 7.66. The number of hydrogen-bond donors (Lipinski definition) is 2. The molecule has 0 saturated heterocycles. The maximum atomic E-state index is 12.3. The number of halogens is 1. The lowest BCUT2D eigenvalue weighted by Crippen LogP contribution is -2.57. The van der Waals surface area contributed by atoms with Gasteiger partial charge in [-0.15, -0.1) is 12.4 Å². The molecule has 2 aliphatic rings. The first-order chi connectivity index (χ1) is 9.10. The zero-order valence-electron chi connectivity index (χ0n) is 12.6. The minimum Gasteiger partial charge on any atom is -0.385 e. The van der Waals surface area contributed by atoms with Gasteiger partial charge in [-0.25, -0.2) is 0 Å². The first kappa shape index (κ1) is 17.7. The number of rotatable bonds is 6. The van der Waals surface area contributed by atoms with Gasteiger partial charge in [-0.3, -0.25) is 4.79 Å². The van der Waals surface area contributed by atoms with Crippen LogP contribution in [0.15, 0.2) is 0 Å². The van der Waals surface area contributed by atoms with Crippen molar-refractivity contribution in [2.75, 3.05) is 20.3 Å². The number of hydrogen-bond acceptors (Lipinski definition) is 3. The first-order valence-corrected chi connectivity index (χ1v) is 7.66. The number of carbonyl (C=O) groups excluding carboxylic acids is 1. The van der Waals surface area contributed by atoms with Gasteiger partial charge in [-0.2, -0.15) is 0 Å². The van der Waals surface area contributed by atoms with Crippen LogP contribution in [0.4, 0.5) is 0 Å². The van der Waals surface area contributed by atoms with Crippen LogP contribution in [0.25, 0.3) is 0 Å². The summed E-state index contributed by atoms with van der Waals surface area (Å²) in [5.74, 6) is 0.0656. The molecule has 4 nitrogen and oxygen atoms in total. The minimum absolute atomic E-state index is 0. The number of methoxy groups -OCH3 is 1. The lowest BCUT2D eigenvalue weighted by Gasteiger charge is -2.43. The van der Waals surface area contributed by atoms with Crippen LogP contribution in [0, 0.1) is 5.41 Å². The zero-order valence-corrected chi connectivity index (χ0v) is 13.4. The van der Waals surface area contributed by atoms with Crippen molar-refractivity contribution in [3.05, 3.63) is 0 Å². The van der Waals surface area contributed by atoms with Gasteiger partial charge in [0.25, 0.3) is 0 Å². The number of amides is 1. The molecule has 0 heterocycles. The van der Waals surface area contributed by atoms with Gasteiger partial charge in [0.1, 0.15) is 0 Å². The molecule has 2 aliphatic carbocycles. The van der Waals surface area contributed by atoms with Gasteiger partial charge in [0.05, 0.1) is 5.54 Å². The molecule has 5 heteroatoms. The number of nitrogens with two attached hydrogens (primary N) is 1. The van der Waals surface area contributed by atoms with Crippen LogP contribution in [-0.2, 0) is 9.53 Å². The largest absolute Gasteiger partial charge is 0.385 e. The Bertz CT molecular complexity index is 313.